The molecule has 1 unspecified atom stereocenters. The fraction of sp³-hybridized carbons (Fsp3) is 0.278. The highest BCUT2D eigenvalue weighted by molar-refractivity contribution is 5.94. The Hall–Kier alpha value is -2.69. The third-order valence-corrected chi connectivity index (χ3v) is 3.96. The van der Waals surface area contributed by atoms with Gasteiger partial charge in [0.2, 0.25) is 0 Å². The third-order valence-electron chi connectivity index (χ3n) is 3.96. The maximum absolute atomic E-state index is 12.4. The summed E-state index contributed by atoms with van der Waals surface area (Å²) in [6.07, 6.45) is 3.60. The van der Waals surface area contributed by atoms with E-state index in [1.54, 1.807) is 6.07 Å². The van der Waals surface area contributed by atoms with Crippen LogP contribution in [-0.4, -0.2) is 24.0 Å². The van der Waals surface area contributed by atoms with E-state index in [-0.39, 0.29) is 11.9 Å². The largest absolute Gasteiger partial charge is 0.465 e. The zero-order chi connectivity index (χ0) is 16.2. The first-order valence-electron chi connectivity index (χ1n) is 7.59. The molecule has 118 valence electrons. The summed E-state index contributed by atoms with van der Waals surface area (Å²) >= 11 is 0. The molecule has 2 aromatic rings. The van der Waals surface area contributed by atoms with Crippen molar-refractivity contribution in [2.75, 3.05) is 7.11 Å². The lowest BCUT2D eigenvalue weighted by molar-refractivity contribution is 0.0599. The van der Waals surface area contributed by atoms with Crippen LogP contribution in [0.15, 0.2) is 48.7 Å². The van der Waals surface area contributed by atoms with Crippen molar-refractivity contribution in [1.82, 2.24) is 10.3 Å². The predicted octanol–water partition coefficient (Wildman–Crippen LogP) is 2.75. The molecule has 1 heterocycles. The van der Waals surface area contributed by atoms with E-state index in [0.717, 1.165) is 18.4 Å². The molecule has 1 amide bonds. The molecule has 1 N–H and O–H groups in total. The average molecular weight is 310 g/mol. The zero-order valence-corrected chi connectivity index (χ0v) is 12.9. The Balaban J connectivity index is 1.73. The van der Waals surface area contributed by atoms with E-state index in [4.69, 9.17) is 0 Å². The maximum atomic E-state index is 12.4. The van der Waals surface area contributed by atoms with Crippen molar-refractivity contribution in [3.05, 3.63) is 65.5 Å². The van der Waals surface area contributed by atoms with Crippen molar-refractivity contribution in [2.24, 2.45) is 5.92 Å². The number of hydrogen-bond donors (Lipinski definition) is 1. The van der Waals surface area contributed by atoms with Gasteiger partial charge in [-0.15, -0.1) is 0 Å². The number of carbonyl (C=O) groups is 2. The van der Waals surface area contributed by atoms with Crippen LogP contribution in [0.4, 0.5) is 0 Å². The van der Waals surface area contributed by atoms with Crippen molar-refractivity contribution in [3.63, 3.8) is 0 Å². The first kappa shape index (κ1) is 15.2. The Morgan fingerprint density at radius 1 is 1.17 bits per heavy atom. The Morgan fingerprint density at radius 2 is 1.91 bits per heavy atom. The second kappa shape index (κ2) is 6.60. The maximum Gasteiger partial charge on any atom is 0.339 e. The van der Waals surface area contributed by atoms with Gasteiger partial charge in [-0.3, -0.25) is 9.78 Å². The molecule has 5 nitrogen and oxygen atoms in total. The van der Waals surface area contributed by atoms with E-state index in [0.29, 0.717) is 17.2 Å². The molecule has 0 spiro atoms. The number of nitrogens with zero attached hydrogens (tertiary/aromatic N) is 1. The molecule has 0 radical (unpaired) electrons. The van der Waals surface area contributed by atoms with Crippen molar-refractivity contribution in [1.29, 1.82) is 0 Å². The van der Waals surface area contributed by atoms with E-state index in [1.807, 2.05) is 30.3 Å². The lowest BCUT2D eigenvalue weighted by atomic mass is 10.0. The topological polar surface area (TPSA) is 68.3 Å². The Kier molecular flexibility index (Phi) is 4.37. The second-order valence-corrected chi connectivity index (χ2v) is 5.62. The molecule has 23 heavy (non-hydrogen) atoms. The van der Waals surface area contributed by atoms with Crippen LogP contribution in [0.3, 0.4) is 0 Å². The highest BCUT2D eigenvalue weighted by Gasteiger charge is 2.33. The normalized spacial score (nSPS) is 14.8. The number of aromatic nitrogens is 1. The number of esters is 1. The standard InChI is InChI=1S/C18H18N2O3/c1-23-18(22)14-9-10-15(19-11-14)17(21)20-16(13-7-8-13)12-5-3-2-4-6-12/h2-6,9-11,13,16H,7-8H2,1H3,(H,20,21). The predicted molar refractivity (Wildman–Crippen MR) is 84.9 cm³/mol. The first-order chi connectivity index (χ1) is 11.2. The lowest BCUT2D eigenvalue weighted by Gasteiger charge is -2.18. The molecule has 0 aliphatic heterocycles. The summed E-state index contributed by atoms with van der Waals surface area (Å²) in [5, 5.41) is 3.06. The fourth-order valence-electron chi connectivity index (χ4n) is 2.55. The van der Waals surface area contributed by atoms with Crippen LogP contribution in [0.1, 0.15) is 45.3 Å². The number of amides is 1. The SMILES string of the molecule is COC(=O)c1ccc(C(=O)NC(c2ccccc2)C2CC2)nc1. The summed E-state index contributed by atoms with van der Waals surface area (Å²) in [4.78, 5) is 27.9. The monoisotopic (exact) mass is 310 g/mol. The number of methoxy groups -OCH3 is 1. The minimum atomic E-state index is -0.468. The summed E-state index contributed by atoms with van der Waals surface area (Å²) in [6.45, 7) is 0. The molecule has 1 fully saturated rings. The van der Waals surface area contributed by atoms with Crippen LogP contribution in [-0.2, 0) is 4.74 Å². The molecule has 1 aliphatic carbocycles. The minimum Gasteiger partial charge on any atom is -0.465 e. The van der Waals surface area contributed by atoms with Crippen LogP contribution in [0, 0.1) is 5.92 Å². The molecule has 1 atom stereocenters. The van der Waals surface area contributed by atoms with Gasteiger partial charge in [0.25, 0.3) is 5.91 Å². The molecular formula is C18H18N2O3. The van der Waals surface area contributed by atoms with Gasteiger partial charge in [-0.05, 0) is 36.5 Å². The van der Waals surface area contributed by atoms with E-state index in [2.05, 4.69) is 15.0 Å². The summed E-state index contributed by atoms with van der Waals surface area (Å²) in [7, 11) is 1.31. The summed E-state index contributed by atoms with van der Waals surface area (Å²) < 4.78 is 4.62. The molecule has 3 rings (SSSR count). The van der Waals surface area contributed by atoms with Crippen molar-refractivity contribution in [3.8, 4) is 0 Å². The van der Waals surface area contributed by atoms with Crippen molar-refractivity contribution < 1.29 is 14.3 Å². The summed E-state index contributed by atoms with van der Waals surface area (Å²) in [5.41, 5.74) is 1.72. The molecular weight excluding hydrogens is 292 g/mol. The highest BCUT2D eigenvalue weighted by atomic mass is 16.5. The molecule has 1 saturated carbocycles. The van der Waals surface area contributed by atoms with Gasteiger partial charge in [0.15, 0.2) is 0 Å². The number of benzene rings is 1. The van der Waals surface area contributed by atoms with E-state index < -0.39 is 5.97 Å². The van der Waals surface area contributed by atoms with Gasteiger partial charge in [0.1, 0.15) is 5.69 Å². The molecule has 1 aliphatic rings. The smallest absolute Gasteiger partial charge is 0.339 e. The van der Waals surface area contributed by atoms with Gasteiger partial charge >= 0.3 is 5.97 Å². The summed E-state index contributed by atoms with van der Waals surface area (Å²) in [6, 6.07) is 13.0. The number of carbonyl (C=O) groups excluding carboxylic acids is 2. The molecule has 0 saturated heterocycles. The van der Waals surface area contributed by atoms with E-state index in [9.17, 15) is 9.59 Å². The van der Waals surface area contributed by atoms with Crippen LogP contribution in [0.25, 0.3) is 0 Å². The van der Waals surface area contributed by atoms with Gasteiger partial charge < -0.3 is 10.1 Å². The van der Waals surface area contributed by atoms with Gasteiger partial charge in [-0.2, -0.15) is 0 Å². The van der Waals surface area contributed by atoms with Crippen LogP contribution >= 0.6 is 0 Å². The molecule has 1 aromatic carbocycles. The van der Waals surface area contributed by atoms with E-state index in [1.165, 1.54) is 19.4 Å². The number of hydrogen-bond acceptors (Lipinski definition) is 4. The minimum absolute atomic E-state index is 0.00536. The highest BCUT2D eigenvalue weighted by Crippen LogP contribution is 2.41. The Bertz CT molecular complexity index is 694. The first-order valence-corrected chi connectivity index (χ1v) is 7.59. The van der Waals surface area contributed by atoms with Crippen LogP contribution in [0.2, 0.25) is 0 Å². The van der Waals surface area contributed by atoms with E-state index >= 15 is 0 Å². The number of nitrogens with one attached hydrogen (secondary N) is 1. The lowest BCUT2D eigenvalue weighted by Crippen LogP contribution is -2.30. The summed E-state index contributed by atoms with van der Waals surface area (Å²) in [5.74, 6) is -0.220. The van der Waals surface area contributed by atoms with Crippen LogP contribution < -0.4 is 5.32 Å². The third kappa shape index (κ3) is 3.56. The number of ether oxygens (including phenoxy) is 1. The Labute approximate surface area is 134 Å². The fourth-order valence-corrected chi connectivity index (χ4v) is 2.55. The molecule has 5 heteroatoms. The van der Waals surface area contributed by atoms with Gasteiger partial charge in [0.05, 0.1) is 18.7 Å². The van der Waals surface area contributed by atoms with Crippen molar-refractivity contribution in [2.45, 2.75) is 18.9 Å². The number of pyridine rings is 1. The van der Waals surface area contributed by atoms with Crippen LogP contribution in [0.5, 0.6) is 0 Å². The number of rotatable bonds is 5. The van der Waals surface area contributed by atoms with Gasteiger partial charge in [-0.25, -0.2) is 4.79 Å². The zero-order valence-electron chi connectivity index (χ0n) is 12.9. The molecule has 1 aromatic heterocycles. The Morgan fingerprint density at radius 3 is 2.48 bits per heavy atom. The average Bonchev–Trinajstić information content (AvgIpc) is 3.44. The van der Waals surface area contributed by atoms with Gasteiger partial charge in [-0.1, -0.05) is 30.3 Å². The van der Waals surface area contributed by atoms with Gasteiger partial charge in [0, 0.05) is 6.20 Å². The van der Waals surface area contributed by atoms with Crippen molar-refractivity contribution >= 4 is 11.9 Å². The quantitative estimate of drug-likeness (QED) is 0.862. The molecule has 0 bridgehead atoms. The second-order valence-electron chi connectivity index (χ2n) is 5.62.